The minimum absolute atomic E-state index is 0.0372. The van der Waals surface area contributed by atoms with Gasteiger partial charge < -0.3 is 9.64 Å². The normalized spacial score (nSPS) is 19.5. The highest BCUT2D eigenvalue weighted by atomic mass is 32.1. The van der Waals surface area contributed by atoms with Crippen LogP contribution in [0.2, 0.25) is 0 Å². The number of ether oxygens (including phenoxy) is 1. The highest BCUT2D eigenvalue weighted by Crippen LogP contribution is 2.33. The first-order valence-electron chi connectivity index (χ1n) is 8.68. The number of hydrogen-bond acceptors (Lipinski definition) is 5. The van der Waals surface area contributed by atoms with Crippen LogP contribution in [-0.4, -0.2) is 30.1 Å². The van der Waals surface area contributed by atoms with Crippen LogP contribution in [0.25, 0.3) is 10.2 Å². The third-order valence-electron chi connectivity index (χ3n) is 4.94. The summed E-state index contributed by atoms with van der Waals surface area (Å²) in [5.41, 5.74) is 0.814. The molecule has 1 aromatic carbocycles. The number of carbonyl (C=O) groups is 1. The summed E-state index contributed by atoms with van der Waals surface area (Å²) in [6.45, 7) is 1.36. The zero-order valence-electron chi connectivity index (χ0n) is 13.5. The van der Waals surface area contributed by atoms with Crippen LogP contribution in [0, 0.1) is 11.7 Å². The molecule has 1 saturated heterocycles. The quantitative estimate of drug-likeness (QED) is 0.779. The van der Waals surface area contributed by atoms with Crippen LogP contribution < -0.4 is 4.90 Å². The second kappa shape index (κ2) is 6.67. The van der Waals surface area contributed by atoms with Crippen molar-refractivity contribution in [2.24, 2.45) is 5.92 Å². The summed E-state index contributed by atoms with van der Waals surface area (Å²) in [6, 6.07) is 4.64. The molecule has 0 unspecified atom stereocenters. The maximum atomic E-state index is 13.2. The molecule has 6 heteroatoms. The Bertz CT molecular complexity index is 736. The van der Waals surface area contributed by atoms with E-state index < -0.39 is 0 Å². The number of esters is 1. The number of nitrogens with zero attached hydrogens (tertiary/aromatic N) is 2. The third-order valence-corrected chi connectivity index (χ3v) is 6.01. The van der Waals surface area contributed by atoms with Gasteiger partial charge in [-0.25, -0.2) is 9.37 Å². The number of aromatic nitrogens is 1. The number of thiazole rings is 1. The van der Waals surface area contributed by atoms with Crippen molar-refractivity contribution in [1.29, 1.82) is 0 Å². The Kier molecular flexibility index (Phi) is 4.39. The standard InChI is InChI=1S/C18H21FN2O2S/c19-13-6-7-15-16(9-13)24-18(20-15)21-10-14(11-21)23-17(22)8-12-4-2-1-3-5-12/h6-7,9,12,14H,1-5,8,10-11H2. The number of anilines is 1. The molecule has 2 aliphatic rings. The molecule has 128 valence electrons. The number of fused-ring (bicyclic) bond motifs is 1. The number of hydrogen-bond donors (Lipinski definition) is 0. The number of carbonyl (C=O) groups excluding carboxylic acids is 1. The summed E-state index contributed by atoms with van der Waals surface area (Å²) in [7, 11) is 0. The van der Waals surface area contributed by atoms with E-state index in [1.807, 2.05) is 0 Å². The van der Waals surface area contributed by atoms with Crippen molar-refractivity contribution >= 4 is 32.7 Å². The molecule has 1 aliphatic carbocycles. The van der Waals surface area contributed by atoms with Gasteiger partial charge in [0.1, 0.15) is 11.9 Å². The van der Waals surface area contributed by atoms with E-state index in [9.17, 15) is 9.18 Å². The lowest BCUT2D eigenvalue weighted by molar-refractivity contribution is -0.151. The average Bonchev–Trinajstić information content (AvgIpc) is 2.93. The SMILES string of the molecule is O=C(CC1CCCCC1)OC1CN(c2nc3ccc(F)cc3s2)C1. The summed E-state index contributed by atoms with van der Waals surface area (Å²) < 4.78 is 19.7. The molecule has 0 spiro atoms. The molecule has 1 aromatic heterocycles. The highest BCUT2D eigenvalue weighted by Gasteiger charge is 2.32. The van der Waals surface area contributed by atoms with Crippen LogP contribution in [0.5, 0.6) is 0 Å². The lowest BCUT2D eigenvalue weighted by atomic mass is 9.87. The molecule has 4 nitrogen and oxygen atoms in total. The third kappa shape index (κ3) is 3.38. The van der Waals surface area contributed by atoms with Crippen molar-refractivity contribution in [3.05, 3.63) is 24.0 Å². The van der Waals surface area contributed by atoms with E-state index in [2.05, 4.69) is 9.88 Å². The van der Waals surface area contributed by atoms with Crippen molar-refractivity contribution in [3.8, 4) is 0 Å². The van der Waals surface area contributed by atoms with E-state index >= 15 is 0 Å². The Hall–Kier alpha value is -1.69. The summed E-state index contributed by atoms with van der Waals surface area (Å²) in [6.07, 6.45) is 6.64. The lowest BCUT2D eigenvalue weighted by Crippen LogP contribution is -2.53. The van der Waals surface area contributed by atoms with Gasteiger partial charge in [0.05, 0.1) is 23.3 Å². The van der Waals surface area contributed by atoms with Gasteiger partial charge in [0.25, 0.3) is 0 Å². The predicted molar refractivity (Wildman–Crippen MR) is 92.9 cm³/mol. The van der Waals surface area contributed by atoms with Gasteiger partial charge in [0, 0.05) is 6.42 Å². The zero-order valence-corrected chi connectivity index (χ0v) is 14.4. The van der Waals surface area contributed by atoms with Gasteiger partial charge in [-0.05, 0) is 37.0 Å². The molecular formula is C18H21FN2O2S. The smallest absolute Gasteiger partial charge is 0.306 e. The van der Waals surface area contributed by atoms with E-state index in [4.69, 9.17) is 4.74 Å². The van der Waals surface area contributed by atoms with Crippen LogP contribution >= 0.6 is 11.3 Å². The number of halogens is 1. The second-order valence-corrected chi connectivity index (χ2v) is 7.84. The molecule has 1 aliphatic heterocycles. The first kappa shape index (κ1) is 15.8. The average molecular weight is 348 g/mol. The zero-order chi connectivity index (χ0) is 16.5. The molecule has 0 atom stereocenters. The molecule has 1 saturated carbocycles. The van der Waals surface area contributed by atoms with Crippen LogP contribution in [-0.2, 0) is 9.53 Å². The van der Waals surface area contributed by atoms with Crippen molar-refractivity contribution in [2.45, 2.75) is 44.6 Å². The molecule has 0 amide bonds. The highest BCUT2D eigenvalue weighted by molar-refractivity contribution is 7.22. The van der Waals surface area contributed by atoms with E-state index in [1.165, 1.54) is 42.7 Å². The fourth-order valence-corrected chi connectivity index (χ4v) is 4.56. The second-order valence-electron chi connectivity index (χ2n) is 6.83. The molecule has 4 rings (SSSR count). The summed E-state index contributed by atoms with van der Waals surface area (Å²) in [4.78, 5) is 18.6. The van der Waals surface area contributed by atoms with Crippen molar-refractivity contribution in [3.63, 3.8) is 0 Å². The molecule has 0 radical (unpaired) electrons. The Morgan fingerprint density at radius 1 is 1.29 bits per heavy atom. The Labute approximate surface area is 144 Å². The number of rotatable bonds is 4. The minimum atomic E-state index is -0.240. The van der Waals surface area contributed by atoms with Crippen molar-refractivity contribution in [1.82, 2.24) is 4.98 Å². The van der Waals surface area contributed by atoms with Crippen LogP contribution in [0.15, 0.2) is 18.2 Å². The maximum absolute atomic E-state index is 13.2. The minimum Gasteiger partial charge on any atom is -0.459 e. The Balaban J connectivity index is 1.28. The van der Waals surface area contributed by atoms with Gasteiger partial charge in [0.15, 0.2) is 5.13 Å². The first-order chi connectivity index (χ1) is 11.7. The van der Waals surface area contributed by atoms with Gasteiger partial charge in [-0.3, -0.25) is 4.79 Å². The molecule has 0 N–H and O–H groups in total. The Morgan fingerprint density at radius 3 is 2.88 bits per heavy atom. The fourth-order valence-electron chi connectivity index (χ4n) is 3.55. The van der Waals surface area contributed by atoms with Gasteiger partial charge in [0.2, 0.25) is 0 Å². The fraction of sp³-hybridized carbons (Fsp3) is 0.556. The molecular weight excluding hydrogens is 327 g/mol. The number of benzene rings is 1. The predicted octanol–water partition coefficient (Wildman–Crippen LogP) is 4.14. The topological polar surface area (TPSA) is 42.4 Å². The largest absolute Gasteiger partial charge is 0.459 e. The van der Waals surface area contributed by atoms with E-state index in [0.717, 1.165) is 28.2 Å². The van der Waals surface area contributed by atoms with Gasteiger partial charge >= 0.3 is 5.97 Å². The van der Waals surface area contributed by atoms with Crippen molar-refractivity contribution < 1.29 is 13.9 Å². The molecule has 24 heavy (non-hydrogen) atoms. The van der Waals surface area contributed by atoms with Crippen LogP contribution in [0.4, 0.5) is 9.52 Å². The molecule has 2 fully saturated rings. The summed E-state index contributed by atoms with van der Waals surface area (Å²) >= 11 is 1.48. The van der Waals surface area contributed by atoms with Gasteiger partial charge in [-0.15, -0.1) is 0 Å². The summed E-state index contributed by atoms with van der Waals surface area (Å²) in [5, 5.41) is 0.871. The first-order valence-corrected chi connectivity index (χ1v) is 9.49. The Morgan fingerprint density at radius 2 is 2.08 bits per heavy atom. The van der Waals surface area contributed by atoms with Gasteiger partial charge in [-0.2, -0.15) is 0 Å². The van der Waals surface area contributed by atoms with E-state index in [1.54, 1.807) is 6.07 Å². The monoisotopic (exact) mass is 348 g/mol. The van der Waals surface area contributed by atoms with Crippen molar-refractivity contribution in [2.75, 3.05) is 18.0 Å². The van der Waals surface area contributed by atoms with E-state index in [0.29, 0.717) is 25.4 Å². The maximum Gasteiger partial charge on any atom is 0.306 e. The molecule has 0 bridgehead atoms. The van der Waals surface area contributed by atoms with Crippen LogP contribution in [0.3, 0.4) is 0 Å². The molecule has 2 heterocycles. The summed E-state index contributed by atoms with van der Waals surface area (Å²) in [5.74, 6) is 0.218. The van der Waals surface area contributed by atoms with Crippen LogP contribution in [0.1, 0.15) is 38.5 Å². The van der Waals surface area contributed by atoms with E-state index in [-0.39, 0.29) is 17.9 Å². The molecule has 2 aromatic rings. The lowest BCUT2D eigenvalue weighted by Gasteiger charge is -2.38. The van der Waals surface area contributed by atoms with Gasteiger partial charge in [-0.1, -0.05) is 30.6 Å².